The molecule has 1 rings (SSSR count). The van der Waals surface area contributed by atoms with Gasteiger partial charge in [-0.15, -0.1) is 0 Å². The molecule has 17 heavy (non-hydrogen) atoms. The fourth-order valence-corrected chi connectivity index (χ4v) is 1.59. The summed E-state index contributed by atoms with van der Waals surface area (Å²) in [5, 5.41) is 2.95. The van der Waals surface area contributed by atoms with E-state index in [4.69, 9.17) is 5.73 Å². The number of nitrogens with one attached hydrogen (secondary N) is 1. The van der Waals surface area contributed by atoms with Crippen molar-refractivity contribution in [2.45, 2.75) is 32.7 Å². The summed E-state index contributed by atoms with van der Waals surface area (Å²) in [6.07, 6.45) is 4.12. The molecule has 0 aromatic carbocycles. The molecule has 1 heterocycles. The maximum absolute atomic E-state index is 12.0. The molecule has 1 unspecified atom stereocenters. The summed E-state index contributed by atoms with van der Waals surface area (Å²) in [6.45, 7) is 6.22. The Labute approximate surface area is 102 Å². The van der Waals surface area contributed by atoms with Crippen molar-refractivity contribution in [1.29, 1.82) is 0 Å². The Kier molecular flexibility index (Phi) is 4.28. The second-order valence-corrected chi connectivity index (χ2v) is 5.37. The van der Waals surface area contributed by atoms with Crippen LogP contribution in [0.2, 0.25) is 0 Å². The van der Waals surface area contributed by atoms with E-state index in [0.717, 1.165) is 5.69 Å². The van der Waals surface area contributed by atoms with E-state index in [2.05, 4.69) is 10.3 Å². The van der Waals surface area contributed by atoms with Crippen LogP contribution in [0.4, 0.5) is 0 Å². The van der Waals surface area contributed by atoms with Crippen molar-refractivity contribution in [3.8, 4) is 0 Å². The highest BCUT2D eigenvalue weighted by molar-refractivity contribution is 5.79. The van der Waals surface area contributed by atoms with Crippen LogP contribution in [0.25, 0.3) is 0 Å². The van der Waals surface area contributed by atoms with E-state index in [1.165, 1.54) is 0 Å². The summed E-state index contributed by atoms with van der Waals surface area (Å²) in [6, 6.07) is 0. The summed E-state index contributed by atoms with van der Waals surface area (Å²) in [5.41, 5.74) is 6.46. The van der Waals surface area contributed by atoms with Gasteiger partial charge in [-0.05, 0) is 20.8 Å². The molecule has 0 fully saturated rings. The number of aromatic nitrogens is 2. The quantitative estimate of drug-likeness (QED) is 0.800. The zero-order valence-corrected chi connectivity index (χ0v) is 11.0. The first-order valence-corrected chi connectivity index (χ1v) is 5.81. The Balaban J connectivity index is 2.66. The van der Waals surface area contributed by atoms with Crippen LogP contribution in [0.3, 0.4) is 0 Å². The molecule has 1 amide bonds. The number of hydrogen-bond acceptors (Lipinski definition) is 3. The molecule has 1 aromatic rings. The third-order valence-corrected chi connectivity index (χ3v) is 2.53. The largest absolute Gasteiger partial charge is 0.351 e. The Morgan fingerprint density at radius 2 is 2.24 bits per heavy atom. The summed E-state index contributed by atoms with van der Waals surface area (Å²) < 4.78 is 1.91. The molecule has 96 valence electrons. The lowest BCUT2D eigenvalue weighted by Gasteiger charge is -2.24. The Bertz CT molecular complexity index is 378. The van der Waals surface area contributed by atoms with E-state index in [9.17, 15) is 4.79 Å². The lowest BCUT2D eigenvalue weighted by atomic mass is 10.00. The van der Waals surface area contributed by atoms with Crippen LogP contribution in [0.5, 0.6) is 0 Å². The molecule has 0 spiro atoms. The van der Waals surface area contributed by atoms with Crippen molar-refractivity contribution in [3.63, 3.8) is 0 Å². The highest BCUT2D eigenvalue weighted by atomic mass is 16.2. The number of amides is 1. The molecule has 0 saturated heterocycles. The molecule has 0 bridgehead atoms. The van der Waals surface area contributed by atoms with Gasteiger partial charge in [-0.3, -0.25) is 4.79 Å². The van der Waals surface area contributed by atoms with E-state index >= 15 is 0 Å². The molecule has 3 N–H and O–H groups in total. The summed E-state index contributed by atoms with van der Waals surface area (Å²) >= 11 is 0. The predicted molar refractivity (Wildman–Crippen MR) is 67.4 cm³/mol. The maximum Gasteiger partial charge on any atom is 0.225 e. The highest BCUT2D eigenvalue weighted by Crippen LogP contribution is 2.09. The van der Waals surface area contributed by atoms with E-state index in [0.29, 0.717) is 13.0 Å². The number of nitrogens with zero attached hydrogens (tertiary/aromatic N) is 2. The average molecular weight is 238 g/mol. The van der Waals surface area contributed by atoms with Gasteiger partial charge in [0.05, 0.1) is 12.2 Å². The molecular formula is C12H22N4O. The number of nitrogens with two attached hydrogens (primary N) is 1. The van der Waals surface area contributed by atoms with Crippen molar-refractivity contribution in [1.82, 2.24) is 14.9 Å². The molecule has 0 saturated carbocycles. The molecule has 1 atom stereocenters. The van der Waals surface area contributed by atoms with Gasteiger partial charge in [0.2, 0.25) is 5.91 Å². The first-order chi connectivity index (χ1) is 7.83. The standard InChI is InChI=1S/C12H22N4O/c1-12(2,3)15-11(17)9(6-13)5-10-7-14-8-16(10)4/h7-9H,5-6,13H2,1-4H3,(H,15,17). The lowest BCUT2D eigenvalue weighted by molar-refractivity contribution is -0.126. The van der Waals surface area contributed by atoms with Gasteiger partial charge in [0.15, 0.2) is 0 Å². The van der Waals surface area contributed by atoms with Gasteiger partial charge < -0.3 is 15.6 Å². The predicted octanol–water partition coefficient (Wildman–Crippen LogP) is 0.452. The van der Waals surface area contributed by atoms with E-state index < -0.39 is 0 Å². The highest BCUT2D eigenvalue weighted by Gasteiger charge is 2.22. The van der Waals surface area contributed by atoms with Gasteiger partial charge in [-0.25, -0.2) is 4.98 Å². The topological polar surface area (TPSA) is 72.9 Å². The minimum atomic E-state index is -0.225. The van der Waals surface area contributed by atoms with E-state index in [1.54, 1.807) is 12.5 Å². The second kappa shape index (κ2) is 5.31. The third-order valence-electron chi connectivity index (χ3n) is 2.53. The van der Waals surface area contributed by atoms with Crippen LogP contribution in [-0.4, -0.2) is 27.5 Å². The molecule has 0 aliphatic rings. The van der Waals surface area contributed by atoms with Gasteiger partial charge in [0, 0.05) is 37.4 Å². The SMILES string of the molecule is Cn1cncc1CC(CN)C(=O)NC(C)(C)C. The molecule has 1 aromatic heterocycles. The fourth-order valence-electron chi connectivity index (χ4n) is 1.59. The first kappa shape index (κ1) is 13.7. The molecule has 5 nitrogen and oxygen atoms in total. The van der Waals surface area contributed by atoms with Crippen molar-refractivity contribution < 1.29 is 4.79 Å². The van der Waals surface area contributed by atoms with Crippen molar-refractivity contribution >= 4 is 5.91 Å². The van der Waals surface area contributed by atoms with E-state index in [-0.39, 0.29) is 17.4 Å². The fraction of sp³-hybridized carbons (Fsp3) is 0.667. The van der Waals surface area contributed by atoms with Crippen LogP contribution < -0.4 is 11.1 Å². The van der Waals surface area contributed by atoms with E-state index in [1.807, 2.05) is 32.4 Å². The Morgan fingerprint density at radius 3 is 2.65 bits per heavy atom. The molecular weight excluding hydrogens is 216 g/mol. The van der Waals surface area contributed by atoms with Crippen molar-refractivity contribution in [2.24, 2.45) is 18.7 Å². The monoisotopic (exact) mass is 238 g/mol. The minimum absolute atomic E-state index is 0.00111. The number of carbonyl (C=O) groups excluding carboxylic acids is 1. The molecule has 5 heteroatoms. The van der Waals surface area contributed by atoms with Gasteiger partial charge in [0.25, 0.3) is 0 Å². The second-order valence-electron chi connectivity index (χ2n) is 5.37. The first-order valence-electron chi connectivity index (χ1n) is 5.81. The van der Waals surface area contributed by atoms with Crippen molar-refractivity contribution in [3.05, 3.63) is 18.2 Å². The number of hydrogen-bond donors (Lipinski definition) is 2. The number of carbonyl (C=O) groups is 1. The Hall–Kier alpha value is -1.36. The van der Waals surface area contributed by atoms with Gasteiger partial charge >= 0.3 is 0 Å². The zero-order chi connectivity index (χ0) is 13.1. The maximum atomic E-state index is 12.0. The van der Waals surface area contributed by atoms with Gasteiger partial charge in [-0.1, -0.05) is 0 Å². The molecule has 0 aliphatic carbocycles. The minimum Gasteiger partial charge on any atom is -0.351 e. The van der Waals surface area contributed by atoms with Crippen LogP contribution in [-0.2, 0) is 18.3 Å². The zero-order valence-electron chi connectivity index (χ0n) is 11.0. The number of aryl methyl sites for hydroxylation is 1. The average Bonchev–Trinajstić information content (AvgIpc) is 2.57. The van der Waals surface area contributed by atoms with Crippen LogP contribution >= 0.6 is 0 Å². The lowest BCUT2D eigenvalue weighted by Crippen LogP contribution is -2.46. The normalized spacial score (nSPS) is 13.5. The summed E-state index contributed by atoms with van der Waals surface area (Å²) in [7, 11) is 1.91. The smallest absolute Gasteiger partial charge is 0.225 e. The Morgan fingerprint density at radius 1 is 1.59 bits per heavy atom. The summed E-state index contributed by atoms with van der Waals surface area (Å²) in [4.78, 5) is 16.0. The number of rotatable bonds is 4. The van der Waals surface area contributed by atoms with Crippen molar-refractivity contribution in [2.75, 3.05) is 6.54 Å². The molecule has 0 aliphatic heterocycles. The third kappa shape index (κ3) is 4.19. The number of imidazole rings is 1. The van der Waals surface area contributed by atoms with Crippen LogP contribution in [0, 0.1) is 5.92 Å². The summed E-state index contributed by atoms with van der Waals surface area (Å²) in [5.74, 6) is -0.203. The molecule has 0 radical (unpaired) electrons. The van der Waals surface area contributed by atoms with Gasteiger partial charge in [-0.2, -0.15) is 0 Å². The van der Waals surface area contributed by atoms with Gasteiger partial charge in [0.1, 0.15) is 0 Å². The van der Waals surface area contributed by atoms with Crippen LogP contribution in [0.1, 0.15) is 26.5 Å². The van der Waals surface area contributed by atoms with Crippen LogP contribution in [0.15, 0.2) is 12.5 Å².